The van der Waals surface area contributed by atoms with E-state index in [0.717, 1.165) is 38.8 Å². The lowest BCUT2D eigenvalue weighted by molar-refractivity contribution is -0.130. The summed E-state index contributed by atoms with van der Waals surface area (Å²) >= 11 is 6.40. The first-order valence-electron chi connectivity index (χ1n) is 9.92. The predicted octanol–water partition coefficient (Wildman–Crippen LogP) is 3.81. The molecule has 0 aromatic heterocycles. The lowest BCUT2D eigenvalue weighted by atomic mass is 9.80. The van der Waals surface area contributed by atoms with Crippen LogP contribution in [0.5, 0.6) is 11.5 Å². The summed E-state index contributed by atoms with van der Waals surface area (Å²) in [6, 6.07) is 2.22. The zero-order valence-electron chi connectivity index (χ0n) is 16.9. The lowest BCUT2D eigenvalue weighted by Crippen LogP contribution is -2.57. The fraction of sp³-hybridized carbons (Fsp3) is 0.667. The third kappa shape index (κ3) is 3.25. The van der Waals surface area contributed by atoms with Crippen molar-refractivity contribution in [2.45, 2.75) is 57.5 Å². The van der Waals surface area contributed by atoms with Gasteiger partial charge in [-0.1, -0.05) is 11.6 Å². The van der Waals surface area contributed by atoms with Crippen LogP contribution in [0.25, 0.3) is 0 Å². The number of benzene rings is 1. The summed E-state index contributed by atoms with van der Waals surface area (Å²) in [4.78, 5) is 14.6. The second-order valence-electron chi connectivity index (χ2n) is 8.22. The van der Waals surface area contributed by atoms with E-state index in [-0.39, 0.29) is 5.92 Å². The standard InChI is InChI=1S/C21H28ClNO5/c1-12-16(20(24)26-4)9-17(22)19-18(12)27-21(2,28-19)13-5-7-14(8-6-13)23-10-15(11-23)25-3/h9,13-15H,5-8,10-11H2,1-4H3. The maximum atomic E-state index is 12.0. The summed E-state index contributed by atoms with van der Waals surface area (Å²) in [7, 11) is 3.14. The first kappa shape index (κ1) is 19.8. The van der Waals surface area contributed by atoms with E-state index in [1.54, 1.807) is 13.2 Å². The molecule has 6 nitrogen and oxygen atoms in total. The molecule has 28 heavy (non-hydrogen) atoms. The van der Waals surface area contributed by atoms with Gasteiger partial charge in [-0.15, -0.1) is 0 Å². The van der Waals surface area contributed by atoms with E-state index < -0.39 is 11.8 Å². The molecule has 0 radical (unpaired) electrons. The molecule has 2 fully saturated rings. The van der Waals surface area contributed by atoms with Crippen molar-refractivity contribution < 1.29 is 23.7 Å². The van der Waals surface area contributed by atoms with Crippen LogP contribution >= 0.6 is 11.6 Å². The highest BCUT2D eigenvalue weighted by Crippen LogP contribution is 2.51. The molecule has 4 rings (SSSR count). The van der Waals surface area contributed by atoms with Gasteiger partial charge in [0.25, 0.3) is 5.79 Å². The topological polar surface area (TPSA) is 57.2 Å². The molecule has 0 bridgehead atoms. The minimum atomic E-state index is -0.763. The Balaban J connectivity index is 1.46. The van der Waals surface area contributed by atoms with E-state index in [4.69, 9.17) is 30.5 Å². The number of hydrogen-bond acceptors (Lipinski definition) is 6. The smallest absolute Gasteiger partial charge is 0.338 e. The van der Waals surface area contributed by atoms with Gasteiger partial charge in [0.2, 0.25) is 0 Å². The number of nitrogens with zero attached hydrogens (tertiary/aromatic N) is 1. The van der Waals surface area contributed by atoms with Crippen molar-refractivity contribution in [1.82, 2.24) is 4.90 Å². The molecule has 1 aromatic rings. The van der Waals surface area contributed by atoms with E-state index in [9.17, 15) is 4.79 Å². The first-order chi connectivity index (χ1) is 13.4. The van der Waals surface area contributed by atoms with Crippen molar-refractivity contribution >= 4 is 17.6 Å². The number of halogens is 1. The number of methoxy groups -OCH3 is 2. The van der Waals surface area contributed by atoms with Crippen LogP contribution in [0.4, 0.5) is 0 Å². The summed E-state index contributed by atoms with van der Waals surface area (Å²) < 4.78 is 22.8. The van der Waals surface area contributed by atoms with Crippen LogP contribution in [0.3, 0.4) is 0 Å². The van der Waals surface area contributed by atoms with Crippen molar-refractivity contribution in [3.05, 3.63) is 22.2 Å². The van der Waals surface area contributed by atoms with Gasteiger partial charge < -0.3 is 18.9 Å². The Morgan fingerprint density at radius 2 is 1.82 bits per heavy atom. The molecule has 2 aliphatic heterocycles. The molecule has 7 heteroatoms. The van der Waals surface area contributed by atoms with Gasteiger partial charge in [0.1, 0.15) is 0 Å². The number of carbonyl (C=O) groups excluding carboxylic acids is 1. The maximum absolute atomic E-state index is 12.0. The van der Waals surface area contributed by atoms with Gasteiger partial charge in [0, 0.05) is 44.6 Å². The Labute approximate surface area is 171 Å². The minimum absolute atomic E-state index is 0.271. The Bertz CT molecular complexity index is 771. The SMILES string of the molecule is COC(=O)c1cc(Cl)c2c(c1C)OC(C)(C1CCC(N3CC(OC)C3)CC1)O2. The van der Waals surface area contributed by atoms with Crippen molar-refractivity contribution in [3.8, 4) is 11.5 Å². The van der Waals surface area contributed by atoms with Gasteiger partial charge >= 0.3 is 5.97 Å². The van der Waals surface area contributed by atoms with Crippen LogP contribution < -0.4 is 9.47 Å². The van der Waals surface area contributed by atoms with Crippen LogP contribution in [-0.4, -0.2) is 56.1 Å². The van der Waals surface area contributed by atoms with Crippen molar-refractivity contribution in [2.24, 2.45) is 5.92 Å². The Kier molecular flexibility index (Phi) is 5.23. The third-order valence-electron chi connectivity index (χ3n) is 6.62. The molecule has 0 spiro atoms. The van der Waals surface area contributed by atoms with Crippen LogP contribution in [0.1, 0.15) is 48.5 Å². The summed E-state index contributed by atoms with van der Waals surface area (Å²) in [6.07, 6.45) is 4.70. The van der Waals surface area contributed by atoms with Gasteiger partial charge in [-0.05, 0) is 38.7 Å². The monoisotopic (exact) mass is 409 g/mol. The Hall–Kier alpha value is -1.50. The molecule has 3 aliphatic rings. The average molecular weight is 410 g/mol. The molecule has 154 valence electrons. The molecule has 1 saturated carbocycles. The van der Waals surface area contributed by atoms with Crippen molar-refractivity contribution in [1.29, 1.82) is 0 Å². The van der Waals surface area contributed by atoms with Crippen LogP contribution in [0.2, 0.25) is 5.02 Å². The van der Waals surface area contributed by atoms with Gasteiger partial charge in [0.15, 0.2) is 11.5 Å². The summed E-state index contributed by atoms with van der Waals surface area (Å²) in [6.45, 7) is 5.89. The van der Waals surface area contributed by atoms with E-state index in [1.807, 2.05) is 13.8 Å². The number of rotatable bonds is 4. The highest BCUT2D eigenvalue weighted by Gasteiger charge is 2.48. The van der Waals surface area contributed by atoms with E-state index in [1.165, 1.54) is 7.11 Å². The lowest BCUT2D eigenvalue weighted by Gasteiger charge is -2.47. The summed E-state index contributed by atoms with van der Waals surface area (Å²) in [5.74, 6) is 0.169. The fourth-order valence-electron chi connectivity index (χ4n) is 4.72. The van der Waals surface area contributed by atoms with Crippen LogP contribution in [0, 0.1) is 12.8 Å². The number of fused-ring (bicyclic) bond motifs is 1. The normalized spacial score (nSPS) is 30.2. The fourth-order valence-corrected chi connectivity index (χ4v) is 4.95. The molecule has 1 unspecified atom stereocenters. The van der Waals surface area contributed by atoms with Gasteiger partial charge in [0.05, 0.1) is 23.8 Å². The quantitative estimate of drug-likeness (QED) is 0.705. The first-order valence-corrected chi connectivity index (χ1v) is 10.3. The summed E-state index contributed by atoms with van der Waals surface area (Å²) in [5, 5.41) is 0.379. The van der Waals surface area contributed by atoms with E-state index in [2.05, 4.69) is 4.90 Å². The Morgan fingerprint density at radius 1 is 1.18 bits per heavy atom. The maximum Gasteiger partial charge on any atom is 0.338 e. The number of hydrogen-bond donors (Lipinski definition) is 0. The highest BCUT2D eigenvalue weighted by molar-refractivity contribution is 6.32. The Morgan fingerprint density at radius 3 is 2.43 bits per heavy atom. The second kappa shape index (κ2) is 7.39. The number of esters is 1. The number of likely N-dealkylation sites (tertiary alicyclic amines) is 1. The molecule has 1 saturated heterocycles. The average Bonchev–Trinajstić information content (AvgIpc) is 3.03. The zero-order valence-corrected chi connectivity index (χ0v) is 17.7. The third-order valence-corrected chi connectivity index (χ3v) is 6.90. The minimum Gasteiger partial charge on any atom is -0.465 e. The highest BCUT2D eigenvalue weighted by atomic mass is 35.5. The van der Waals surface area contributed by atoms with Crippen LogP contribution in [0.15, 0.2) is 6.07 Å². The van der Waals surface area contributed by atoms with Crippen molar-refractivity contribution in [2.75, 3.05) is 27.3 Å². The second-order valence-corrected chi connectivity index (χ2v) is 8.63. The number of ether oxygens (including phenoxy) is 4. The predicted molar refractivity (Wildman–Crippen MR) is 105 cm³/mol. The number of carbonyl (C=O) groups is 1. The largest absolute Gasteiger partial charge is 0.465 e. The van der Waals surface area contributed by atoms with E-state index >= 15 is 0 Å². The van der Waals surface area contributed by atoms with Crippen molar-refractivity contribution in [3.63, 3.8) is 0 Å². The van der Waals surface area contributed by atoms with E-state index in [0.29, 0.717) is 39.8 Å². The van der Waals surface area contributed by atoms with Crippen LogP contribution in [-0.2, 0) is 9.47 Å². The van der Waals surface area contributed by atoms with Gasteiger partial charge in [-0.3, -0.25) is 4.90 Å². The molecule has 0 amide bonds. The molecule has 1 aromatic carbocycles. The summed E-state index contributed by atoms with van der Waals surface area (Å²) in [5.41, 5.74) is 1.11. The molecular weight excluding hydrogens is 382 g/mol. The molecule has 1 aliphatic carbocycles. The zero-order chi connectivity index (χ0) is 20.1. The molecule has 0 N–H and O–H groups in total. The van der Waals surface area contributed by atoms with Gasteiger partial charge in [-0.25, -0.2) is 4.79 Å². The molecule has 1 atom stereocenters. The molecular formula is C21H28ClNO5. The van der Waals surface area contributed by atoms with Gasteiger partial charge in [-0.2, -0.15) is 0 Å². The molecule has 2 heterocycles.